The molecule has 0 bridgehead atoms. The second-order valence-electron chi connectivity index (χ2n) is 10.2. The lowest BCUT2D eigenvalue weighted by Gasteiger charge is -2.53. The van der Waals surface area contributed by atoms with Crippen LogP contribution in [0.1, 0.15) is 58.8 Å². The molecule has 150 valence electrons. The fourth-order valence-corrected chi connectivity index (χ4v) is 7.44. The average Bonchev–Trinajstić information content (AvgIpc) is 3.36. The molecule has 6 aliphatic rings. The van der Waals surface area contributed by atoms with Crippen molar-refractivity contribution in [3.8, 4) is 0 Å². The van der Waals surface area contributed by atoms with E-state index in [0.717, 1.165) is 38.5 Å². The van der Waals surface area contributed by atoms with Gasteiger partial charge in [-0.1, -0.05) is 37.6 Å². The van der Waals surface area contributed by atoms with E-state index in [0.29, 0.717) is 31.5 Å². The Morgan fingerprint density at radius 3 is 2.64 bits per heavy atom. The quantitative estimate of drug-likeness (QED) is 0.458. The minimum absolute atomic E-state index is 0.00200. The fraction of sp³-hybridized carbons (Fsp3) is 0.708. The predicted molar refractivity (Wildman–Crippen MR) is 104 cm³/mol. The van der Waals surface area contributed by atoms with E-state index in [-0.39, 0.29) is 22.4 Å². The first-order valence-corrected chi connectivity index (χ1v) is 11.0. The van der Waals surface area contributed by atoms with E-state index in [1.807, 2.05) is 0 Å². The van der Waals surface area contributed by atoms with Crippen LogP contribution in [0.15, 0.2) is 35.5 Å². The van der Waals surface area contributed by atoms with Gasteiger partial charge in [0.25, 0.3) is 0 Å². The molecule has 3 fully saturated rings. The average molecular weight is 383 g/mol. The lowest BCUT2D eigenvalue weighted by molar-refractivity contribution is -0.159. The van der Waals surface area contributed by atoms with Crippen LogP contribution in [-0.2, 0) is 19.0 Å². The minimum Gasteiger partial charge on any atom is -0.458 e. The molecule has 5 atom stereocenters. The van der Waals surface area contributed by atoms with Crippen molar-refractivity contribution in [2.24, 2.45) is 22.7 Å². The van der Waals surface area contributed by atoms with Crippen LogP contribution in [0.25, 0.3) is 0 Å². The number of fused-ring (bicyclic) bond motifs is 6. The molecule has 0 N–H and O–H groups in total. The molecule has 4 aliphatic carbocycles. The van der Waals surface area contributed by atoms with E-state index < -0.39 is 5.79 Å². The van der Waals surface area contributed by atoms with Gasteiger partial charge in [-0.2, -0.15) is 0 Å². The third-order valence-electron chi connectivity index (χ3n) is 9.18. The molecule has 28 heavy (non-hydrogen) atoms. The van der Waals surface area contributed by atoms with Crippen molar-refractivity contribution < 1.29 is 19.0 Å². The fourth-order valence-electron chi connectivity index (χ4n) is 7.44. The van der Waals surface area contributed by atoms with Gasteiger partial charge in [0.1, 0.15) is 5.60 Å². The zero-order valence-corrected chi connectivity index (χ0v) is 17.0. The number of hydrogen-bond acceptors (Lipinski definition) is 4. The summed E-state index contributed by atoms with van der Waals surface area (Å²) in [5, 5.41) is 0. The molecule has 6 rings (SSSR count). The van der Waals surface area contributed by atoms with Gasteiger partial charge in [0.2, 0.25) is 0 Å². The second kappa shape index (κ2) is 5.40. The van der Waals surface area contributed by atoms with Gasteiger partial charge in [-0.15, -0.1) is 0 Å². The summed E-state index contributed by atoms with van der Waals surface area (Å²) < 4.78 is 18.0. The van der Waals surface area contributed by atoms with E-state index in [2.05, 4.69) is 38.2 Å². The lowest BCUT2D eigenvalue weighted by atomic mass is 9.52. The number of carbonyl (C=O) groups is 1. The van der Waals surface area contributed by atoms with Crippen LogP contribution >= 0.6 is 0 Å². The minimum atomic E-state index is -0.495. The van der Waals surface area contributed by atoms with Crippen LogP contribution in [0.4, 0.5) is 0 Å². The highest BCUT2D eigenvalue weighted by molar-refractivity contribution is 5.72. The Kier molecular flexibility index (Phi) is 3.37. The molecule has 2 aliphatic heterocycles. The monoisotopic (exact) mass is 382 g/mol. The zero-order chi connectivity index (χ0) is 19.2. The highest BCUT2D eigenvalue weighted by Gasteiger charge is 2.65. The molecular formula is C24H30O4. The molecular weight excluding hydrogens is 352 g/mol. The van der Waals surface area contributed by atoms with Crippen LogP contribution in [0.3, 0.4) is 0 Å². The molecule has 1 saturated carbocycles. The Morgan fingerprint density at radius 1 is 1.07 bits per heavy atom. The molecule has 0 unspecified atom stereocenters. The first kappa shape index (κ1) is 17.5. The number of ether oxygens (including phenoxy) is 3. The van der Waals surface area contributed by atoms with E-state index in [1.54, 1.807) is 5.57 Å². The summed E-state index contributed by atoms with van der Waals surface area (Å²) in [6, 6.07) is 0. The van der Waals surface area contributed by atoms with Gasteiger partial charge in [0, 0.05) is 29.6 Å². The Balaban J connectivity index is 1.39. The second-order valence-corrected chi connectivity index (χ2v) is 10.2. The van der Waals surface area contributed by atoms with Crippen molar-refractivity contribution in [1.29, 1.82) is 0 Å². The number of hydrogen-bond donors (Lipinski definition) is 0. The largest absolute Gasteiger partial charge is 0.458 e. The van der Waals surface area contributed by atoms with Crippen LogP contribution < -0.4 is 0 Å². The van der Waals surface area contributed by atoms with Crippen molar-refractivity contribution in [2.45, 2.75) is 70.2 Å². The maximum atomic E-state index is 12.0. The number of carbonyl (C=O) groups excluding carboxylic acids is 1. The van der Waals surface area contributed by atoms with E-state index in [9.17, 15) is 4.79 Å². The summed E-state index contributed by atoms with van der Waals surface area (Å²) in [5.41, 5.74) is 2.83. The van der Waals surface area contributed by atoms with Crippen LogP contribution in [0, 0.1) is 22.7 Å². The predicted octanol–water partition coefficient (Wildman–Crippen LogP) is 4.46. The maximum Gasteiger partial charge on any atom is 0.306 e. The van der Waals surface area contributed by atoms with E-state index in [1.165, 1.54) is 5.57 Å². The SMILES string of the molecule is C[C@]12CCC3(C=C1C=C[C@@H]1C2=CC[C@@]2(C)[C@H]1CC[C@@]21CCC(=O)O1)OCCO3. The van der Waals surface area contributed by atoms with E-state index in [4.69, 9.17) is 14.2 Å². The Labute approximate surface area is 167 Å². The molecule has 0 amide bonds. The summed E-state index contributed by atoms with van der Waals surface area (Å²) >= 11 is 0. The molecule has 0 aromatic heterocycles. The van der Waals surface area contributed by atoms with Gasteiger partial charge < -0.3 is 14.2 Å². The molecule has 4 nitrogen and oxygen atoms in total. The maximum absolute atomic E-state index is 12.0. The van der Waals surface area contributed by atoms with Gasteiger partial charge in [0.05, 0.1) is 13.2 Å². The summed E-state index contributed by atoms with van der Waals surface area (Å²) in [4.78, 5) is 12.0. The highest BCUT2D eigenvalue weighted by Crippen LogP contribution is 2.67. The van der Waals surface area contributed by atoms with Gasteiger partial charge in [-0.25, -0.2) is 0 Å². The molecule has 0 aromatic rings. The first-order chi connectivity index (χ1) is 13.4. The van der Waals surface area contributed by atoms with Gasteiger partial charge >= 0.3 is 5.97 Å². The summed E-state index contributed by atoms with van der Waals surface area (Å²) in [7, 11) is 0. The normalized spacial score (nSPS) is 48.1. The topological polar surface area (TPSA) is 44.8 Å². The van der Waals surface area contributed by atoms with E-state index >= 15 is 0 Å². The molecule has 2 saturated heterocycles. The Hall–Kier alpha value is -1.39. The number of allylic oxidation sites excluding steroid dienone is 5. The van der Waals surface area contributed by atoms with Crippen LogP contribution in [-0.4, -0.2) is 30.6 Å². The molecule has 2 spiro atoms. The van der Waals surface area contributed by atoms with Gasteiger partial charge in [-0.05, 0) is 49.7 Å². The molecule has 0 aromatic carbocycles. The van der Waals surface area contributed by atoms with Crippen molar-refractivity contribution in [3.63, 3.8) is 0 Å². The first-order valence-electron chi connectivity index (χ1n) is 11.0. The molecule has 4 heteroatoms. The summed E-state index contributed by atoms with van der Waals surface area (Å²) in [6.07, 6.45) is 16.2. The highest BCUT2D eigenvalue weighted by atomic mass is 16.7. The third-order valence-corrected chi connectivity index (χ3v) is 9.18. The van der Waals surface area contributed by atoms with Crippen molar-refractivity contribution >= 4 is 5.97 Å². The third kappa shape index (κ3) is 2.01. The summed E-state index contributed by atoms with van der Waals surface area (Å²) in [5.74, 6) is 0.523. The number of rotatable bonds is 0. The van der Waals surface area contributed by atoms with Crippen molar-refractivity contribution in [3.05, 3.63) is 35.5 Å². The van der Waals surface area contributed by atoms with Gasteiger partial charge in [0.15, 0.2) is 5.79 Å². The Bertz CT molecular complexity index is 832. The standard InChI is InChI=1S/C24H30O4/c1-21-11-12-24(26-13-14-27-24)15-16(21)3-4-17-18(21)5-8-22(2)19(17)6-9-23(22)10-7-20(25)28-23/h3-5,15,17,19H,6-14H2,1-2H3/t17-,19+,21+,22+,23-/m1/s1. The number of esters is 1. The molecule has 0 radical (unpaired) electrons. The summed E-state index contributed by atoms with van der Waals surface area (Å²) in [6.45, 7) is 6.17. The Morgan fingerprint density at radius 2 is 1.89 bits per heavy atom. The van der Waals surface area contributed by atoms with Gasteiger partial charge in [-0.3, -0.25) is 4.79 Å². The van der Waals surface area contributed by atoms with Crippen molar-refractivity contribution in [1.82, 2.24) is 0 Å². The zero-order valence-electron chi connectivity index (χ0n) is 17.0. The smallest absolute Gasteiger partial charge is 0.306 e. The molecule has 2 heterocycles. The van der Waals surface area contributed by atoms with Crippen LogP contribution in [0.2, 0.25) is 0 Å². The lowest BCUT2D eigenvalue weighted by Crippen LogP contribution is -2.50. The van der Waals surface area contributed by atoms with Crippen molar-refractivity contribution in [2.75, 3.05) is 13.2 Å². The van der Waals surface area contributed by atoms with Crippen LogP contribution in [0.5, 0.6) is 0 Å².